The van der Waals surface area contributed by atoms with Crippen LogP contribution >= 0.6 is 0 Å². The molecule has 0 aliphatic carbocycles. The molecule has 0 saturated carbocycles. The number of carbonyl (C=O) groups is 1. The van der Waals surface area contributed by atoms with E-state index in [1.54, 1.807) is 30.3 Å². The van der Waals surface area contributed by atoms with E-state index in [9.17, 15) is 13.2 Å². The summed E-state index contributed by atoms with van der Waals surface area (Å²) < 4.78 is 25.1. The molecule has 0 fully saturated rings. The maximum Gasteiger partial charge on any atom is 0.242 e. The first-order valence-electron chi connectivity index (χ1n) is 5.71. The lowest BCUT2D eigenvalue weighted by molar-refractivity contribution is -0.119. The number of hydrogen-bond acceptors (Lipinski definition) is 4. The lowest BCUT2D eigenvalue weighted by Gasteiger charge is -2.23. The molecule has 2 rings (SSSR count). The van der Waals surface area contributed by atoms with Gasteiger partial charge in [0.15, 0.2) is 5.75 Å². The lowest BCUT2D eigenvalue weighted by atomic mass is 10.2. The van der Waals surface area contributed by atoms with Gasteiger partial charge in [-0.2, -0.15) is 9.57 Å². The van der Waals surface area contributed by atoms with E-state index in [-0.39, 0.29) is 6.54 Å². The van der Waals surface area contributed by atoms with Gasteiger partial charge in [-0.1, -0.05) is 18.2 Å². The number of nitriles is 1. The third-order valence-electron chi connectivity index (χ3n) is 3.02. The molecule has 0 aromatic heterocycles. The highest BCUT2D eigenvalue weighted by Crippen LogP contribution is 2.24. The highest BCUT2D eigenvalue weighted by atomic mass is 32.2. The molecular weight excluding hydrogens is 266 g/mol. The summed E-state index contributed by atoms with van der Waals surface area (Å²) in [7, 11) is -3.77. The van der Waals surface area contributed by atoms with Crippen molar-refractivity contribution in [1.82, 2.24) is 4.31 Å². The average molecular weight is 279 g/mol. The van der Waals surface area contributed by atoms with Crippen LogP contribution in [0.5, 0.6) is 0 Å². The van der Waals surface area contributed by atoms with Crippen LogP contribution < -0.4 is 5.32 Å². The van der Waals surface area contributed by atoms with Crippen molar-refractivity contribution < 1.29 is 13.2 Å². The summed E-state index contributed by atoms with van der Waals surface area (Å²) in [6, 6.07) is 7.80. The van der Waals surface area contributed by atoms with Gasteiger partial charge in [0.2, 0.25) is 15.9 Å². The third-order valence-corrected chi connectivity index (χ3v) is 4.67. The van der Waals surface area contributed by atoms with E-state index in [0.717, 1.165) is 4.31 Å². The highest BCUT2D eigenvalue weighted by Gasteiger charge is 2.34. The lowest BCUT2D eigenvalue weighted by Crippen LogP contribution is -2.44. The Morgan fingerprint density at radius 3 is 2.84 bits per heavy atom. The largest absolute Gasteiger partial charge is 0.324 e. The van der Waals surface area contributed by atoms with Gasteiger partial charge in [-0.05, 0) is 18.6 Å². The second-order valence-electron chi connectivity index (χ2n) is 4.28. The molecule has 1 unspecified atom stereocenters. The van der Waals surface area contributed by atoms with E-state index in [4.69, 9.17) is 5.26 Å². The van der Waals surface area contributed by atoms with Crippen molar-refractivity contribution in [3.05, 3.63) is 29.8 Å². The smallest absolute Gasteiger partial charge is 0.242 e. The van der Waals surface area contributed by atoms with Crippen molar-refractivity contribution in [2.45, 2.75) is 19.5 Å². The second-order valence-corrected chi connectivity index (χ2v) is 6.20. The molecule has 0 saturated heterocycles. The van der Waals surface area contributed by atoms with Crippen LogP contribution in [-0.2, 0) is 21.4 Å². The summed E-state index contributed by atoms with van der Waals surface area (Å²) >= 11 is 0. The van der Waals surface area contributed by atoms with E-state index in [2.05, 4.69) is 5.32 Å². The number of benzene rings is 1. The second kappa shape index (κ2) is 4.99. The van der Waals surface area contributed by atoms with Gasteiger partial charge in [0.25, 0.3) is 0 Å². The van der Waals surface area contributed by atoms with Crippen LogP contribution in [0.4, 0.5) is 5.69 Å². The zero-order valence-electron chi connectivity index (χ0n) is 10.3. The molecule has 1 aliphatic heterocycles. The van der Waals surface area contributed by atoms with E-state index >= 15 is 0 Å². The van der Waals surface area contributed by atoms with Gasteiger partial charge in [0.1, 0.15) is 6.04 Å². The Bertz CT molecular complexity index is 648. The molecular formula is C12H13N3O3S. The minimum atomic E-state index is -3.77. The van der Waals surface area contributed by atoms with Gasteiger partial charge in [-0.15, -0.1) is 0 Å². The number of anilines is 1. The number of para-hydroxylation sites is 1. The Hall–Kier alpha value is -1.91. The predicted octanol–water partition coefficient (Wildman–Crippen LogP) is 0.683. The van der Waals surface area contributed by atoms with Crippen molar-refractivity contribution in [3.63, 3.8) is 0 Å². The highest BCUT2D eigenvalue weighted by molar-refractivity contribution is 7.89. The number of sulfonamides is 1. The van der Waals surface area contributed by atoms with E-state index < -0.39 is 27.7 Å². The number of amides is 1. The van der Waals surface area contributed by atoms with Crippen LogP contribution in [0.25, 0.3) is 0 Å². The van der Waals surface area contributed by atoms with Crippen molar-refractivity contribution in [2.75, 3.05) is 11.1 Å². The molecule has 6 nitrogen and oxygen atoms in total. The monoisotopic (exact) mass is 279 g/mol. The van der Waals surface area contributed by atoms with Crippen molar-refractivity contribution in [2.24, 2.45) is 0 Å². The molecule has 1 N–H and O–H groups in total. The van der Waals surface area contributed by atoms with Crippen LogP contribution in [0.15, 0.2) is 24.3 Å². The first-order valence-corrected chi connectivity index (χ1v) is 7.32. The number of rotatable bonds is 2. The zero-order valence-corrected chi connectivity index (χ0v) is 11.1. The van der Waals surface area contributed by atoms with Gasteiger partial charge < -0.3 is 5.32 Å². The van der Waals surface area contributed by atoms with Crippen LogP contribution in [0, 0.1) is 11.3 Å². The fourth-order valence-electron chi connectivity index (χ4n) is 1.96. The number of fused-ring (bicyclic) bond motifs is 1. The van der Waals surface area contributed by atoms with Gasteiger partial charge in [0.05, 0.1) is 6.07 Å². The first-order chi connectivity index (χ1) is 8.95. The molecule has 1 aliphatic rings. The molecule has 100 valence electrons. The first kappa shape index (κ1) is 13.5. The van der Waals surface area contributed by atoms with Crippen molar-refractivity contribution in [1.29, 1.82) is 5.26 Å². The van der Waals surface area contributed by atoms with Crippen molar-refractivity contribution in [3.8, 4) is 6.07 Å². The molecule has 1 aromatic carbocycles. The maximum atomic E-state index is 12.0. The maximum absolute atomic E-state index is 12.0. The Morgan fingerprint density at radius 2 is 2.16 bits per heavy atom. The molecule has 0 bridgehead atoms. The predicted molar refractivity (Wildman–Crippen MR) is 69.5 cm³/mol. The van der Waals surface area contributed by atoms with Crippen LogP contribution in [0.3, 0.4) is 0 Å². The Balaban J connectivity index is 2.46. The Morgan fingerprint density at radius 1 is 1.47 bits per heavy atom. The van der Waals surface area contributed by atoms with E-state index in [1.165, 1.54) is 6.92 Å². The summed E-state index contributed by atoms with van der Waals surface area (Å²) in [5, 5.41) is 11.3. The normalized spacial score (nSPS) is 20.0. The number of nitrogens with zero attached hydrogens (tertiary/aromatic N) is 2. The quantitative estimate of drug-likeness (QED) is 0.862. The fourth-order valence-corrected chi connectivity index (χ4v) is 3.20. The van der Waals surface area contributed by atoms with E-state index in [1.807, 2.05) is 0 Å². The van der Waals surface area contributed by atoms with Gasteiger partial charge >= 0.3 is 0 Å². The van der Waals surface area contributed by atoms with Gasteiger partial charge in [-0.25, -0.2) is 8.42 Å². The molecule has 0 radical (unpaired) electrons. The fraction of sp³-hybridized carbons (Fsp3) is 0.333. The molecule has 1 atom stereocenters. The number of hydrogen-bond donors (Lipinski definition) is 1. The molecule has 7 heteroatoms. The summed E-state index contributed by atoms with van der Waals surface area (Å²) in [6.45, 7) is 1.59. The average Bonchev–Trinajstić information content (AvgIpc) is 2.48. The molecule has 1 amide bonds. The van der Waals surface area contributed by atoms with Crippen LogP contribution in [-0.4, -0.2) is 30.4 Å². The summed E-state index contributed by atoms with van der Waals surface area (Å²) in [5.41, 5.74) is 1.32. The molecule has 0 spiro atoms. The van der Waals surface area contributed by atoms with Crippen LogP contribution in [0.1, 0.15) is 12.5 Å². The third kappa shape index (κ3) is 2.59. The number of nitrogens with one attached hydrogen (secondary N) is 1. The standard InChI is InChI=1S/C12H13N3O3S/c1-9-12(16)14-11-5-3-2-4-10(11)8-15(9)19(17,18)7-6-13/h2-5,9H,7-8H2,1H3,(H,14,16). The van der Waals surface area contributed by atoms with Crippen LogP contribution in [0.2, 0.25) is 0 Å². The molecule has 1 heterocycles. The van der Waals surface area contributed by atoms with Crippen molar-refractivity contribution >= 4 is 21.6 Å². The van der Waals surface area contributed by atoms with Gasteiger partial charge in [-0.3, -0.25) is 4.79 Å². The SMILES string of the molecule is CC1C(=O)Nc2ccccc2CN1S(=O)(=O)CC#N. The Kier molecular flexibility index (Phi) is 3.55. The zero-order chi connectivity index (χ0) is 14.0. The number of carbonyl (C=O) groups excluding carboxylic acids is 1. The molecule has 1 aromatic rings. The van der Waals surface area contributed by atoms with Gasteiger partial charge in [0, 0.05) is 12.2 Å². The van der Waals surface area contributed by atoms with E-state index in [0.29, 0.717) is 11.3 Å². The Labute approximate surface area is 111 Å². The summed E-state index contributed by atoms with van der Waals surface area (Å²) in [6.07, 6.45) is 0. The molecule has 19 heavy (non-hydrogen) atoms. The summed E-state index contributed by atoms with van der Waals surface area (Å²) in [5.74, 6) is -1.03. The topological polar surface area (TPSA) is 90.3 Å². The minimum absolute atomic E-state index is 0.0834. The summed E-state index contributed by atoms with van der Waals surface area (Å²) in [4.78, 5) is 11.9. The minimum Gasteiger partial charge on any atom is -0.324 e.